The second-order valence-corrected chi connectivity index (χ2v) is 7.82. The van der Waals surface area contributed by atoms with Crippen LogP contribution in [0, 0.1) is 0 Å². The highest BCUT2D eigenvalue weighted by molar-refractivity contribution is 9.10. The number of rotatable bonds is 6. The van der Waals surface area contributed by atoms with E-state index < -0.39 is 0 Å². The average molecular weight is 412 g/mol. The van der Waals surface area contributed by atoms with Gasteiger partial charge in [0, 0.05) is 22.1 Å². The van der Waals surface area contributed by atoms with Gasteiger partial charge in [0.2, 0.25) is 11.1 Å². The van der Waals surface area contributed by atoms with Crippen LogP contribution in [0.25, 0.3) is 11.4 Å². The van der Waals surface area contributed by atoms with E-state index >= 15 is 0 Å². The third-order valence-corrected chi connectivity index (χ3v) is 4.89. The normalized spacial score (nSPS) is 11.3. The van der Waals surface area contributed by atoms with Crippen LogP contribution >= 0.6 is 27.7 Å². The third kappa shape index (κ3) is 4.30. The van der Waals surface area contributed by atoms with Gasteiger partial charge in [0.05, 0.1) is 5.75 Å². The van der Waals surface area contributed by atoms with E-state index in [4.69, 9.17) is 5.84 Å². The molecule has 0 saturated carbocycles. The lowest BCUT2D eigenvalue weighted by molar-refractivity contribution is -0.131. The number of nitrogens with two attached hydrogens (primary N) is 1. The predicted octanol–water partition coefficient (Wildman–Crippen LogP) is 3.16. The Kier molecular flexibility index (Phi) is 6.28. The first-order chi connectivity index (χ1) is 11.3. The number of halogens is 1. The smallest absolute Gasteiger partial charge is 0.233 e. The Balaban J connectivity index is 2.11. The molecule has 1 heterocycles. The molecule has 0 radical (unpaired) electrons. The molecule has 0 unspecified atom stereocenters. The van der Waals surface area contributed by atoms with Crippen LogP contribution in [-0.4, -0.2) is 43.5 Å². The lowest BCUT2D eigenvalue weighted by Gasteiger charge is -2.30. The minimum absolute atomic E-state index is 0.0667. The molecule has 1 aromatic heterocycles. The van der Waals surface area contributed by atoms with Crippen LogP contribution in [0.1, 0.15) is 27.7 Å². The van der Waals surface area contributed by atoms with Gasteiger partial charge in [-0.1, -0.05) is 39.8 Å². The molecule has 0 saturated heterocycles. The molecule has 0 spiro atoms. The van der Waals surface area contributed by atoms with Crippen LogP contribution in [0.2, 0.25) is 0 Å². The van der Waals surface area contributed by atoms with Crippen molar-refractivity contribution in [3.8, 4) is 11.4 Å². The zero-order valence-electron chi connectivity index (χ0n) is 14.2. The van der Waals surface area contributed by atoms with E-state index in [0.717, 1.165) is 10.0 Å². The fourth-order valence-corrected chi connectivity index (χ4v) is 3.70. The van der Waals surface area contributed by atoms with Gasteiger partial charge in [0.25, 0.3) is 0 Å². The highest BCUT2D eigenvalue weighted by Gasteiger charge is 2.21. The lowest BCUT2D eigenvalue weighted by Crippen LogP contribution is -2.43. The van der Waals surface area contributed by atoms with Gasteiger partial charge in [-0.15, -0.1) is 10.2 Å². The van der Waals surface area contributed by atoms with Crippen LogP contribution in [0.5, 0.6) is 0 Å². The molecule has 0 aliphatic carbocycles. The van der Waals surface area contributed by atoms with Gasteiger partial charge in [-0.3, -0.25) is 4.79 Å². The van der Waals surface area contributed by atoms with Gasteiger partial charge < -0.3 is 10.7 Å². The first-order valence-electron chi connectivity index (χ1n) is 7.71. The summed E-state index contributed by atoms with van der Waals surface area (Å²) in [4.78, 5) is 14.3. The third-order valence-electron chi connectivity index (χ3n) is 3.47. The number of thioether (sulfide) groups is 1. The van der Waals surface area contributed by atoms with Crippen LogP contribution < -0.4 is 5.84 Å². The Morgan fingerprint density at radius 1 is 1.29 bits per heavy atom. The van der Waals surface area contributed by atoms with E-state index in [-0.39, 0.29) is 23.7 Å². The molecule has 24 heavy (non-hydrogen) atoms. The zero-order chi connectivity index (χ0) is 17.9. The topological polar surface area (TPSA) is 77.0 Å². The summed E-state index contributed by atoms with van der Waals surface area (Å²) in [7, 11) is 0. The first-order valence-corrected chi connectivity index (χ1v) is 9.49. The highest BCUT2D eigenvalue weighted by atomic mass is 79.9. The van der Waals surface area contributed by atoms with Gasteiger partial charge in [-0.25, -0.2) is 4.68 Å². The Hall–Kier alpha value is -1.54. The summed E-state index contributed by atoms with van der Waals surface area (Å²) in [6.45, 7) is 8.05. The fourth-order valence-electron chi connectivity index (χ4n) is 2.57. The van der Waals surface area contributed by atoms with Gasteiger partial charge in [-0.05, 0) is 39.8 Å². The Morgan fingerprint density at radius 2 is 1.96 bits per heavy atom. The van der Waals surface area contributed by atoms with Crippen LogP contribution in [-0.2, 0) is 4.79 Å². The van der Waals surface area contributed by atoms with E-state index in [1.54, 1.807) is 0 Å². The summed E-state index contributed by atoms with van der Waals surface area (Å²) >= 11 is 4.73. The minimum Gasteiger partial charge on any atom is -0.337 e. The highest BCUT2D eigenvalue weighted by Crippen LogP contribution is 2.24. The Labute approximate surface area is 154 Å². The molecule has 0 fully saturated rings. The van der Waals surface area contributed by atoms with E-state index in [2.05, 4.69) is 26.1 Å². The van der Waals surface area contributed by atoms with Crippen LogP contribution in [0.4, 0.5) is 0 Å². The molecule has 1 amide bonds. The Bertz CT molecular complexity index is 708. The van der Waals surface area contributed by atoms with Crippen molar-refractivity contribution in [3.63, 3.8) is 0 Å². The summed E-state index contributed by atoms with van der Waals surface area (Å²) in [5, 5.41) is 8.77. The molecule has 0 aliphatic heterocycles. The van der Waals surface area contributed by atoms with E-state index in [1.165, 1.54) is 16.4 Å². The minimum atomic E-state index is 0.0667. The van der Waals surface area contributed by atoms with Crippen molar-refractivity contribution in [3.05, 3.63) is 28.7 Å². The molecule has 6 nitrogen and oxygen atoms in total. The van der Waals surface area contributed by atoms with Crippen molar-refractivity contribution in [1.29, 1.82) is 0 Å². The molecule has 2 aromatic rings. The molecule has 0 atom stereocenters. The largest absolute Gasteiger partial charge is 0.337 e. The summed E-state index contributed by atoms with van der Waals surface area (Å²) < 4.78 is 2.37. The van der Waals surface area contributed by atoms with Gasteiger partial charge in [0.15, 0.2) is 5.82 Å². The number of nitrogen functional groups attached to an aromatic ring is 1. The SMILES string of the molecule is CC(C)N(C(=O)CSc1nnc(-c2cccc(Br)c2)n1N)C(C)C. The summed E-state index contributed by atoms with van der Waals surface area (Å²) in [6.07, 6.45) is 0. The monoisotopic (exact) mass is 411 g/mol. The molecule has 1 aromatic carbocycles. The first kappa shape index (κ1) is 18.8. The number of nitrogens with zero attached hydrogens (tertiary/aromatic N) is 4. The molecule has 130 valence electrons. The maximum absolute atomic E-state index is 12.4. The average Bonchev–Trinajstić information content (AvgIpc) is 2.85. The van der Waals surface area contributed by atoms with Gasteiger partial charge >= 0.3 is 0 Å². The number of benzene rings is 1. The van der Waals surface area contributed by atoms with Crippen molar-refractivity contribution in [2.45, 2.75) is 44.9 Å². The van der Waals surface area contributed by atoms with Crippen molar-refractivity contribution in [1.82, 2.24) is 19.8 Å². The second kappa shape index (κ2) is 8.02. The number of carbonyl (C=O) groups is 1. The molecule has 8 heteroatoms. The standard InChI is InChI=1S/C16H22BrN5OS/c1-10(2)21(11(3)4)14(23)9-24-16-20-19-15(22(16)18)12-6-5-7-13(17)8-12/h5-8,10-11H,9,18H2,1-4H3. The summed E-state index contributed by atoms with van der Waals surface area (Å²) in [5.41, 5.74) is 0.864. The number of hydrogen-bond acceptors (Lipinski definition) is 5. The molecule has 2 rings (SSSR count). The quantitative estimate of drug-likeness (QED) is 0.583. The molecule has 2 N–H and O–H groups in total. The number of hydrogen-bond donors (Lipinski definition) is 1. The van der Waals surface area contributed by atoms with Crippen molar-refractivity contribution in [2.24, 2.45) is 0 Å². The van der Waals surface area contributed by atoms with Gasteiger partial charge in [0.1, 0.15) is 0 Å². The Morgan fingerprint density at radius 3 is 2.54 bits per heavy atom. The summed E-state index contributed by atoms with van der Waals surface area (Å²) in [6, 6.07) is 8.00. The van der Waals surface area contributed by atoms with Crippen molar-refractivity contribution < 1.29 is 4.79 Å². The van der Waals surface area contributed by atoms with E-state index in [1.807, 2.05) is 56.9 Å². The maximum atomic E-state index is 12.4. The number of amides is 1. The molecule has 0 aliphatic rings. The molecular formula is C16H22BrN5OS. The predicted molar refractivity (Wildman–Crippen MR) is 101 cm³/mol. The fraction of sp³-hybridized carbons (Fsp3) is 0.438. The maximum Gasteiger partial charge on any atom is 0.233 e. The molecular weight excluding hydrogens is 390 g/mol. The van der Waals surface area contributed by atoms with E-state index in [0.29, 0.717) is 11.0 Å². The lowest BCUT2D eigenvalue weighted by atomic mass is 10.2. The molecule has 0 bridgehead atoms. The van der Waals surface area contributed by atoms with Gasteiger partial charge in [-0.2, -0.15) is 0 Å². The van der Waals surface area contributed by atoms with Crippen molar-refractivity contribution in [2.75, 3.05) is 11.6 Å². The number of aromatic nitrogens is 3. The second-order valence-electron chi connectivity index (χ2n) is 5.96. The van der Waals surface area contributed by atoms with E-state index in [9.17, 15) is 4.79 Å². The number of carbonyl (C=O) groups excluding carboxylic acids is 1. The zero-order valence-corrected chi connectivity index (χ0v) is 16.6. The van der Waals surface area contributed by atoms with Crippen molar-refractivity contribution >= 4 is 33.6 Å². The van der Waals surface area contributed by atoms with Crippen LogP contribution in [0.3, 0.4) is 0 Å². The van der Waals surface area contributed by atoms with Crippen LogP contribution in [0.15, 0.2) is 33.9 Å². The summed E-state index contributed by atoms with van der Waals surface area (Å²) in [5.74, 6) is 7.01.